The summed E-state index contributed by atoms with van der Waals surface area (Å²) in [6.07, 6.45) is 5.19. The molecule has 1 aliphatic rings. The average molecular weight is 230 g/mol. The molecule has 0 bridgehead atoms. The van der Waals surface area contributed by atoms with Crippen LogP contribution in [0.2, 0.25) is 0 Å². The second kappa shape index (κ2) is 4.40. The smallest absolute Gasteiger partial charge is 0.295 e. The molecule has 17 heavy (non-hydrogen) atoms. The molecule has 1 aromatic heterocycles. The molecule has 2 atom stereocenters. The van der Waals surface area contributed by atoms with Crippen LogP contribution in [-0.2, 0) is 0 Å². The topological polar surface area (TPSA) is 38.1 Å². The summed E-state index contributed by atoms with van der Waals surface area (Å²) < 4.78 is 5.70. The summed E-state index contributed by atoms with van der Waals surface area (Å²) in [5.74, 6) is 0.707. The van der Waals surface area contributed by atoms with Gasteiger partial charge in [-0.05, 0) is 30.9 Å². The molecule has 0 amide bonds. The maximum Gasteiger partial charge on any atom is 0.295 e. The van der Waals surface area contributed by atoms with Gasteiger partial charge < -0.3 is 9.73 Å². The molecule has 1 fully saturated rings. The Morgan fingerprint density at radius 1 is 1.24 bits per heavy atom. The average Bonchev–Trinajstić information content (AvgIpc) is 2.74. The number of rotatable bonds is 2. The van der Waals surface area contributed by atoms with Crippen molar-refractivity contribution in [1.82, 2.24) is 4.98 Å². The zero-order valence-corrected chi connectivity index (χ0v) is 10.1. The van der Waals surface area contributed by atoms with Gasteiger partial charge >= 0.3 is 0 Å². The lowest BCUT2D eigenvalue weighted by atomic mass is 9.86. The van der Waals surface area contributed by atoms with Gasteiger partial charge in [0.1, 0.15) is 5.52 Å². The minimum atomic E-state index is 0.511. The number of fused-ring (bicyclic) bond motifs is 1. The van der Waals surface area contributed by atoms with Crippen molar-refractivity contribution in [2.45, 2.75) is 38.6 Å². The second-order valence-electron chi connectivity index (χ2n) is 5.00. The fourth-order valence-electron chi connectivity index (χ4n) is 2.62. The summed E-state index contributed by atoms with van der Waals surface area (Å²) in [7, 11) is 0. The van der Waals surface area contributed by atoms with Crippen LogP contribution in [0.1, 0.15) is 32.6 Å². The predicted octanol–water partition coefficient (Wildman–Crippen LogP) is 3.82. The van der Waals surface area contributed by atoms with Crippen molar-refractivity contribution in [2.75, 3.05) is 5.32 Å². The highest BCUT2D eigenvalue weighted by atomic mass is 16.4. The summed E-state index contributed by atoms with van der Waals surface area (Å²) in [6.45, 7) is 2.31. The highest BCUT2D eigenvalue weighted by molar-refractivity contribution is 5.74. The molecule has 0 unspecified atom stereocenters. The van der Waals surface area contributed by atoms with E-state index in [9.17, 15) is 0 Å². The zero-order chi connectivity index (χ0) is 11.7. The molecule has 1 aromatic carbocycles. The maximum atomic E-state index is 5.70. The standard InChI is InChI=1S/C14H18N2O/c1-10-6-2-3-7-11(10)15-14-16-12-8-4-5-9-13(12)17-14/h4-5,8-11H,2-3,6-7H2,1H3,(H,15,16)/t10-,11+/m0/s1. The third-order valence-electron chi connectivity index (χ3n) is 3.71. The van der Waals surface area contributed by atoms with Crippen LogP contribution in [0.4, 0.5) is 6.01 Å². The molecule has 3 heteroatoms. The van der Waals surface area contributed by atoms with Crippen molar-refractivity contribution in [1.29, 1.82) is 0 Å². The maximum absolute atomic E-state index is 5.70. The zero-order valence-electron chi connectivity index (χ0n) is 10.1. The first-order valence-corrected chi connectivity index (χ1v) is 6.45. The molecule has 0 saturated heterocycles. The number of nitrogens with one attached hydrogen (secondary N) is 1. The third kappa shape index (κ3) is 2.14. The van der Waals surface area contributed by atoms with Gasteiger partial charge in [0, 0.05) is 6.04 Å². The molecule has 0 aliphatic heterocycles. The summed E-state index contributed by atoms with van der Waals surface area (Å²) in [5.41, 5.74) is 1.79. The Morgan fingerprint density at radius 2 is 2.06 bits per heavy atom. The Morgan fingerprint density at radius 3 is 2.88 bits per heavy atom. The second-order valence-corrected chi connectivity index (χ2v) is 5.00. The molecular formula is C14H18N2O. The monoisotopic (exact) mass is 230 g/mol. The number of nitrogens with zero attached hydrogens (tertiary/aromatic N) is 1. The number of benzene rings is 1. The van der Waals surface area contributed by atoms with Crippen LogP contribution in [0, 0.1) is 5.92 Å². The van der Waals surface area contributed by atoms with Gasteiger partial charge in [-0.3, -0.25) is 0 Å². The van der Waals surface area contributed by atoms with E-state index in [0.29, 0.717) is 18.0 Å². The summed E-state index contributed by atoms with van der Waals surface area (Å²) in [4.78, 5) is 4.46. The van der Waals surface area contributed by atoms with E-state index >= 15 is 0 Å². The van der Waals surface area contributed by atoms with Crippen LogP contribution < -0.4 is 5.32 Å². The van der Waals surface area contributed by atoms with Crippen molar-refractivity contribution in [3.05, 3.63) is 24.3 Å². The minimum absolute atomic E-state index is 0.511. The summed E-state index contributed by atoms with van der Waals surface area (Å²) in [6, 6.07) is 9.08. The molecule has 0 radical (unpaired) electrons. The van der Waals surface area contributed by atoms with Crippen molar-refractivity contribution in [3.8, 4) is 0 Å². The Labute approximate surface area is 101 Å². The van der Waals surface area contributed by atoms with Crippen molar-refractivity contribution < 1.29 is 4.42 Å². The van der Waals surface area contributed by atoms with Crippen LogP contribution >= 0.6 is 0 Å². The van der Waals surface area contributed by atoms with Crippen LogP contribution in [0.25, 0.3) is 11.1 Å². The largest absolute Gasteiger partial charge is 0.424 e. The van der Waals surface area contributed by atoms with E-state index in [-0.39, 0.29) is 0 Å². The minimum Gasteiger partial charge on any atom is -0.424 e. The molecule has 0 spiro atoms. The van der Waals surface area contributed by atoms with E-state index in [1.165, 1.54) is 25.7 Å². The van der Waals surface area contributed by atoms with E-state index in [2.05, 4.69) is 17.2 Å². The van der Waals surface area contributed by atoms with Gasteiger partial charge in [-0.25, -0.2) is 0 Å². The number of para-hydroxylation sites is 2. The van der Waals surface area contributed by atoms with E-state index in [1.54, 1.807) is 0 Å². The quantitative estimate of drug-likeness (QED) is 0.852. The number of aromatic nitrogens is 1. The number of oxazole rings is 1. The Kier molecular flexibility index (Phi) is 2.75. The van der Waals surface area contributed by atoms with Gasteiger partial charge in [0.15, 0.2) is 5.58 Å². The van der Waals surface area contributed by atoms with Gasteiger partial charge in [-0.15, -0.1) is 0 Å². The molecular weight excluding hydrogens is 212 g/mol. The van der Waals surface area contributed by atoms with Crippen molar-refractivity contribution >= 4 is 17.1 Å². The molecule has 3 rings (SSSR count). The summed E-state index contributed by atoms with van der Waals surface area (Å²) >= 11 is 0. The van der Waals surface area contributed by atoms with Crippen LogP contribution in [0.15, 0.2) is 28.7 Å². The molecule has 1 N–H and O–H groups in total. The lowest BCUT2D eigenvalue weighted by Gasteiger charge is -2.28. The lowest BCUT2D eigenvalue weighted by Crippen LogP contribution is -2.30. The first kappa shape index (κ1) is 10.6. The first-order valence-electron chi connectivity index (χ1n) is 6.45. The molecule has 1 aliphatic carbocycles. The number of hydrogen-bond acceptors (Lipinski definition) is 3. The Balaban J connectivity index is 1.79. The number of anilines is 1. The van der Waals surface area contributed by atoms with Crippen LogP contribution in [0.3, 0.4) is 0 Å². The van der Waals surface area contributed by atoms with E-state index in [0.717, 1.165) is 11.1 Å². The first-order chi connectivity index (χ1) is 8.33. The number of hydrogen-bond donors (Lipinski definition) is 1. The lowest BCUT2D eigenvalue weighted by molar-refractivity contribution is 0.344. The highest BCUT2D eigenvalue weighted by Crippen LogP contribution is 2.27. The van der Waals surface area contributed by atoms with Gasteiger partial charge in [-0.1, -0.05) is 31.9 Å². The molecule has 90 valence electrons. The highest BCUT2D eigenvalue weighted by Gasteiger charge is 2.22. The Bertz CT molecular complexity index is 473. The Hall–Kier alpha value is -1.51. The third-order valence-corrected chi connectivity index (χ3v) is 3.71. The molecule has 1 heterocycles. The van der Waals surface area contributed by atoms with Crippen LogP contribution in [0.5, 0.6) is 0 Å². The van der Waals surface area contributed by atoms with Crippen molar-refractivity contribution in [2.24, 2.45) is 5.92 Å². The fourth-order valence-corrected chi connectivity index (χ4v) is 2.62. The van der Waals surface area contributed by atoms with Gasteiger partial charge in [0.2, 0.25) is 0 Å². The fraction of sp³-hybridized carbons (Fsp3) is 0.500. The van der Waals surface area contributed by atoms with Crippen molar-refractivity contribution in [3.63, 3.8) is 0 Å². The molecule has 3 nitrogen and oxygen atoms in total. The van der Waals surface area contributed by atoms with E-state index in [4.69, 9.17) is 4.42 Å². The van der Waals surface area contributed by atoms with E-state index < -0.39 is 0 Å². The van der Waals surface area contributed by atoms with Crippen LogP contribution in [-0.4, -0.2) is 11.0 Å². The van der Waals surface area contributed by atoms with E-state index in [1.807, 2.05) is 24.3 Å². The SMILES string of the molecule is C[C@H]1CCCC[C@H]1Nc1nc2ccccc2o1. The molecule has 1 saturated carbocycles. The normalized spacial score (nSPS) is 25.0. The molecule has 2 aromatic rings. The van der Waals surface area contributed by atoms with Gasteiger partial charge in [0.05, 0.1) is 0 Å². The summed E-state index contributed by atoms with van der Waals surface area (Å²) in [5, 5.41) is 3.44. The van der Waals surface area contributed by atoms with Gasteiger partial charge in [-0.2, -0.15) is 4.98 Å². The predicted molar refractivity (Wildman–Crippen MR) is 69.1 cm³/mol. The van der Waals surface area contributed by atoms with Gasteiger partial charge in [0.25, 0.3) is 6.01 Å².